The van der Waals surface area contributed by atoms with E-state index in [1.807, 2.05) is 25.3 Å². The molecule has 0 aromatic carbocycles. The monoisotopic (exact) mass is 286 g/mol. The molecule has 1 aliphatic rings. The van der Waals surface area contributed by atoms with Gasteiger partial charge >= 0.3 is 0 Å². The molecule has 4 heteroatoms. The summed E-state index contributed by atoms with van der Waals surface area (Å²) in [4.78, 5) is 4.50. The molecule has 0 unspecified atom stereocenters. The molecule has 3 rings (SSSR count). The van der Waals surface area contributed by atoms with Gasteiger partial charge in [0.05, 0.1) is 12.0 Å². The maximum Gasteiger partial charge on any atom is 0.146 e. The number of nitrogens with zero attached hydrogens (tertiary/aromatic N) is 1. The lowest BCUT2D eigenvalue weighted by Gasteiger charge is -2.09. The van der Waals surface area contributed by atoms with Crippen LogP contribution < -0.4 is 10.1 Å². The molecule has 2 heterocycles. The van der Waals surface area contributed by atoms with Crippen LogP contribution in [0.3, 0.4) is 0 Å². The molecule has 1 aliphatic carbocycles. The summed E-state index contributed by atoms with van der Waals surface area (Å²) < 4.78 is 11.4. The largest absolute Gasteiger partial charge is 0.484 e. The van der Waals surface area contributed by atoms with E-state index in [0.29, 0.717) is 12.6 Å². The zero-order valence-electron chi connectivity index (χ0n) is 12.7. The van der Waals surface area contributed by atoms with E-state index in [-0.39, 0.29) is 0 Å². The van der Waals surface area contributed by atoms with Crippen LogP contribution in [-0.4, -0.2) is 11.0 Å². The van der Waals surface area contributed by atoms with Crippen LogP contribution in [-0.2, 0) is 19.6 Å². The Labute approximate surface area is 125 Å². The van der Waals surface area contributed by atoms with E-state index in [0.717, 1.165) is 35.9 Å². The Hall–Kier alpha value is -1.81. The van der Waals surface area contributed by atoms with Crippen molar-refractivity contribution in [2.24, 2.45) is 0 Å². The van der Waals surface area contributed by atoms with Crippen molar-refractivity contribution in [2.75, 3.05) is 0 Å². The highest BCUT2D eigenvalue weighted by Gasteiger charge is 2.20. The Morgan fingerprint density at radius 2 is 2.24 bits per heavy atom. The Morgan fingerprint density at radius 3 is 3.00 bits per heavy atom. The average Bonchev–Trinajstić information content (AvgIpc) is 3.22. The van der Waals surface area contributed by atoms with Crippen LogP contribution in [0.25, 0.3) is 0 Å². The first-order valence-corrected chi connectivity index (χ1v) is 7.63. The van der Waals surface area contributed by atoms with Crippen LogP contribution in [0.1, 0.15) is 42.5 Å². The number of nitrogens with one attached hydrogen (secondary N) is 1. The quantitative estimate of drug-likeness (QED) is 0.847. The average molecular weight is 286 g/mol. The standard InChI is InChI=1S/C17H22N2O2/c1-3-16-17(7-4-12(2)19-16)21-11-15-8-13(10-20-15)9-18-14-5-6-14/h4,7-8,10,14,18H,3,5-6,9,11H2,1-2H3. The highest BCUT2D eigenvalue weighted by molar-refractivity contribution is 5.29. The van der Waals surface area contributed by atoms with Gasteiger partial charge in [0.25, 0.3) is 0 Å². The van der Waals surface area contributed by atoms with E-state index < -0.39 is 0 Å². The van der Waals surface area contributed by atoms with Crippen molar-refractivity contribution >= 4 is 0 Å². The Bertz CT molecular complexity index is 603. The van der Waals surface area contributed by atoms with Crippen LogP contribution in [0.4, 0.5) is 0 Å². The Morgan fingerprint density at radius 1 is 1.38 bits per heavy atom. The minimum atomic E-state index is 0.446. The molecule has 1 fully saturated rings. The molecule has 21 heavy (non-hydrogen) atoms. The second-order valence-corrected chi connectivity index (χ2v) is 5.62. The second kappa shape index (κ2) is 6.31. The SMILES string of the molecule is CCc1nc(C)ccc1OCc1cc(CNC2CC2)co1. The predicted octanol–water partition coefficient (Wildman–Crippen LogP) is 3.38. The van der Waals surface area contributed by atoms with E-state index in [1.165, 1.54) is 18.4 Å². The summed E-state index contributed by atoms with van der Waals surface area (Å²) >= 11 is 0. The molecule has 0 spiro atoms. The number of furan rings is 1. The highest BCUT2D eigenvalue weighted by Crippen LogP contribution is 2.21. The zero-order valence-corrected chi connectivity index (χ0v) is 12.7. The van der Waals surface area contributed by atoms with Gasteiger partial charge < -0.3 is 14.5 Å². The molecular weight excluding hydrogens is 264 g/mol. The summed E-state index contributed by atoms with van der Waals surface area (Å²) in [5, 5.41) is 3.47. The molecular formula is C17H22N2O2. The van der Waals surface area contributed by atoms with E-state index in [4.69, 9.17) is 9.15 Å². The van der Waals surface area contributed by atoms with E-state index in [9.17, 15) is 0 Å². The van der Waals surface area contributed by atoms with Gasteiger partial charge in [-0.15, -0.1) is 0 Å². The van der Waals surface area contributed by atoms with Gasteiger partial charge in [-0.25, -0.2) is 0 Å². The van der Waals surface area contributed by atoms with E-state index in [1.54, 1.807) is 0 Å². The highest BCUT2D eigenvalue weighted by atomic mass is 16.5. The van der Waals surface area contributed by atoms with Crippen LogP contribution >= 0.6 is 0 Å². The van der Waals surface area contributed by atoms with Gasteiger partial charge in [0, 0.05) is 23.8 Å². The van der Waals surface area contributed by atoms with Gasteiger partial charge in [0.15, 0.2) is 0 Å². The summed E-state index contributed by atoms with van der Waals surface area (Å²) in [7, 11) is 0. The molecule has 1 saturated carbocycles. The third-order valence-corrected chi connectivity index (χ3v) is 3.66. The van der Waals surface area contributed by atoms with Crippen molar-refractivity contribution < 1.29 is 9.15 Å². The Balaban J connectivity index is 1.56. The van der Waals surface area contributed by atoms with Crippen LogP contribution in [0.15, 0.2) is 28.9 Å². The van der Waals surface area contributed by atoms with Crippen molar-refractivity contribution in [3.8, 4) is 5.75 Å². The van der Waals surface area contributed by atoms with Gasteiger partial charge in [0.2, 0.25) is 0 Å². The second-order valence-electron chi connectivity index (χ2n) is 5.62. The van der Waals surface area contributed by atoms with Gasteiger partial charge in [0.1, 0.15) is 18.1 Å². The molecule has 0 saturated heterocycles. The molecule has 1 N–H and O–H groups in total. The predicted molar refractivity (Wildman–Crippen MR) is 81.3 cm³/mol. The van der Waals surface area contributed by atoms with Gasteiger partial charge in [-0.2, -0.15) is 0 Å². The summed E-state index contributed by atoms with van der Waals surface area (Å²) in [5.74, 6) is 1.70. The van der Waals surface area contributed by atoms with Crippen molar-refractivity contribution in [3.05, 3.63) is 47.2 Å². The minimum absolute atomic E-state index is 0.446. The molecule has 0 aliphatic heterocycles. The first kappa shape index (κ1) is 14.1. The Kier molecular flexibility index (Phi) is 4.25. The molecule has 0 bridgehead atoms. The third-order valence-electron chi connectivity index (χ3n) is 3.66. The molecule has 2 aromatic heterocycles. The summed E-state index contributed by atoms with van der Waals surface area (Å²) in [6.07, 6.45) is 5.27. The maximum absolute atomic E-state index is 5.84. The summed E-state index contributed by atoms with van der Waals surface area (Å²) in [6.45, 7) is 5.40. The zero-order chi connectivity index (χ0) is 14.7. The van der Waals surface area contributed by atoms with Crippen molar-refractivity contribution in [3.63, 3.8) is 0 Å². The van der Waals surface area contributed by atoms with Gasteiger partial charge in [-0.1, -0.05) is 6.92 Å². The maximum atomic E-state index is 5.84. The summed E-state index contributed by atoms with van der Waals surface area (Å²) in [6, 6.07) is 6.73. The number of hydrogen-bond acceptors (Lipinski definition) is 4. The van der Waals surface area contributed by atoms with Gasteiger partial charge in [-0.3, -0.25) is 4.98 Å². The van der Waals surface area contributed by atoms with E-state index in [2.05, 4.69) is 23.3 Å². The lowest BCUT2D eigenvalue weighted by Crippen LogP contribution is -2.14. The van der Waals surface area contributed by atoms with Crippen LogP contribution in [0, 0.1) is 6.92 Å². The van der Waals surface area contributed by atoms with Crippen molar-refractivity contribution in [1.82, 2.24) is 10.3 Å². The molecule has 0 radical (unpaired) electrons. The van der Waals surface area contributed by atoms with Crippen molar-refractivity contribution in [2.45, 2.75) is 52.3 Å². The first-order valence-electron chi connectivity index (χ1n) is 7.63. The van der Waals surface area contributed by atoms with Gasteiger partial charge in [-0.05, 0) is 44.4 Å². The summed E-state index contributed by atoms with van der Waals surface area (Å²) in [5.41, 5.74) is 3.20. The fourth-order valence-electron chi connectivity index (χ4n) is 2.28. The third kappa shape index (κ3) is 3.85. The minimum Gasteiger partial charge on any atom is -0.484 e. The molecule has 112 valence electrons. The van der Waals surface area contributed by atoms with Crippen LogP contribution in [0.2, 0.25) is 0 Å². The molecule has 0 amide bonds. The lowest BCUT2D eigenvalue weighted by molar-refractivity contribution is 0.266. The number of aromatic nitrogens is 1. The number of aryl methyl sites for hydroxylation is 2. The number of ether oxygens (including phenoxy) is 1. The van der Waals surface area contributed by atoms with E-state index >= 15 is 0 Å². The number of hydrogen-bond donors (Lipinski definition) is 1. The smallest absolute Gasteiger partial charge is 0.146 e. The fourth-order valence-corrected chi connectivity index (χ4v) is 2.28. The number of rotatable bonds is 7. The topological polar surface area (TPSA) is 47.3 Å². The first-order chi connectivity index (χ1) is 10.2. The van der Waals surface area contributed by atoms with Crippen LogP contribution in [0.5, 0.6) is 5.75 Å². The number of pyridine rings is 1. The lowest BCUT2D eigenvalue weighted by atomic mass is 10.2. The molecule has 2 aromatic rings. The van der Waals surface area contributed by atoms with Crippen molar-refractivity contribution in [1.29, 1.82) is 0 Å². The normalized spacial score (nSPS) is 14.4. The molecule has 4 nitrogen and oxygen atoms in total. The fraction of sp³-hybridized carbons (Fsp3) is 0.471. The molecule has 0 atom stereocenters.